The van der Waals surface area contributed by atoms with Crippen LogP contribution in [0.4, 0.5) is 5.69 Å². The van der Waals surface area contributed by atoms with Gasteiger partial charge in [0.15, 0.2) is 0 Å². The molecule has 3 nitrogen and oxygen atoms in total. The molecule has 2 bridgehead atoms. The van der Waals surface area contributed by atoms with Crippen LogP contribution in [-0.4, -0.2) is 23.5 Å². The van der Waals surface area contributed by atoms with Crippen molar-refractivity contribution in [3.8, 4) is 0 Å². The Hall–Kier alpha value is -1.51. The van der Waals surface area contributed by atoms with E-state index in [1.165, 1.54) is 30.5 Å². The van der Waals surface area contributed by atoms with Gasteiger partial charge in [0.05, 0.1) is 11.8 Å². The fourth-order valence-corrected chi connectivity index (χ4v) is 4.26. The Morgan fingerprint density at radius 1 is 1.22 bits per heavy atom. The molecule has 0 saturated heterocycles. The first-order valence-electron chi connectivity index (χ1n) is 6.95. The van der Waals surface area contributed by atoms with E-state index in [0.717, 1.165) is 18.7 Å². The van der Waals surface area contributed by atoms with E-state index in [-0.39, 0.29) is 0 Å². The van der Waals surface area contributed by atoms with Crippen LogP contribution < -0.4 is 4.90 Å². The van der Waals surface area contributed by atoms with Crippen molar-refractivity contribution in [2.45, 2.75) is 31.7 Å². The summed E-state index contributed by atoms with van der Waals surface area (Å²) in [7, 11) is 0. The molecule has 3 heteroatoms. The summed E-state index contributed by atoms with van der Waals surface area (Å²) in [4.78, 5) is 2.48. The number of rotatable bonds is 1. The van der Waals surface area contributed by atoms with Crippen molar-refractivity contribution in [3.63, 3.8) is 0 Å². The lowest BCUT2D eigenvalue weighted by Gasteiger charge is -2.33. The second-order valence-electron chi connectivity index (χ2n) is 5.81. The molecule has 3 atom stereocenters. The largest absolute Gasteiger partial charge is 0.411 e. The van der Waals surface area contributed by atoms with Gasteiger partial charge in [-0.25, -0.2) is 0 Å². The lowest BCUT2D eigenvalue weighted by molar-refractivity contribution is 0.311. The van der Waals surface area contributed by atoms with Crippen molar-refractivity contribution in [1.82, 2.24) is 0 Å². The summed E-state index contributed by atoms with van der Waals surface area (Å²) in [6.07, 6.45) is 4.87. The van der Waals surface area contributed by atoms with Gasteiger partial charge in [0.2, 0.25) is 0 Å². The minimum atomic E-state index is 0.359. The normalized spacial score (nSPS) is 35.4. The SMILES string of the molecule is O/N=C1\C2CCC(C2)C1N1CCc2ccccc21. The number of hydrogen-bond acceptors (Lipinski definition) is 3. The molecule has 0 aromatic heterocycles. The van der Waals surface area contributed by atoms with E-state index in [1.54, 1.807) is 0 Å². The second-order valence-corrected chi connectivity index (χ2v) is 5.81. The molecule has 1 aliphatic heterocycles. The van der Waals surface area contributed by atoms with Crippen LogP contribution in [0.2, 0.25) is 0 Å². The van der Waals surface area contributed by atoms with Gasteiger partial charge in [-0.1, -0.05) is 23.4 Å². The molecule has 2 aliphatic carbocycles. The Morgan fingerprint density at radius 2 is 2.11 bits per heavy atom. The number of nitrogens with zero attached hydrogens (tertiary/aromatic N) is 2. The fourth-order valence-electron chi connectivity index (χ4n) is 4.26. The molecule has 1 aromatic rings. The summed E-state index contributed by atoms with van der Waals surface area (Å²) in [5.74, 6) is 1.24. The number of anilines is 1. The van der Waals surface area contributed by atoms with Gasteiger partial charge in [0, 0.05) is 18.2 Å². The maximum absolute atomic E-state index is 9.33. The summed E-state index contributed by atoms with van der Waals surface area (Å²) in [6.45, 7) is 1.08. The van der Waals surface area contributed by atoms with E-state index in [4.69, 9.17) is 0 Å². The number of fused-ring (bicyclic) bond motifs is 3. The van der Waals surface area contributed by atoms with Crippen LogP contribution in [0.5, 0.6) is 0 Å². The third-order valence-electron chi connectivity index (χ3n) is 5.02. The van der Waals surface area contributed by atoms with Crippen molar-refractivity contribution in [1.29, 1.82) is 0 Å². The molecule has 0 radical (unpaired) electrons. The van der Waals surface area contributed by atoms with Gasteiger partial charge in [-0.2, -0.15) is 0 Å². The summed E-state index contributed by atoms with van der Waals surface area (Å²) in [5.41, 5.74) is 3.84. The van der Waals surface area contributed by atoms with E-state index >= 15 is 0 Å². The van der Waals surface area contributed by atoms with Gasteiger partial charge < -0.3 is 10.1 Å². The van der Waals surface area contributed by atoms with E-state index in [2.05, 4.69) is 34.3 Å². The van der Waals surface area contributed by atoms with Gasteiger partial charge in [0.1, 0.15) is 0 Å². The van der Waals surface area contributed by atoms with Gasteiger partial charge in [-0.05, 0) is 43.2 Å². The first-order valence-corrected chi connectivity index (χ1v) is 6.95. The van der Waals surface area contributed by atoms with Crippen molar-refractivity contribution in [2.24, 2.45) is 17.0 Å². The first-order chi connectivity index (χ1) is 8.88. The molecule has 3 aliphatic rings. The highest BCUT2D eigenvalue weighted by molar-refractivity contribution is 5.97. The molecular formula is C15H18N2O. The smallest absolute Gasteiger partial charge is 0.0828 e. The molecule has 2 fully saturated rings. The van der Waals surface area contributed by atoms with E-state index < -0.39 is 0 Å². The lowest BCUT2D eigenvalue weighted by Crippen LogP contribution is -2.44. The number of hydrogen-bond donors (Lipinski definition) is 1. The van der Waals surface area contributed by atoms with E-state index in [0.29, 0.717) is 17.9 Å². The van der Waals surface area contributed by atoms with Gasteiger partial charge in [0.25, 0.3) is 0 Å². The molecule has 4 rings (SSSR count). The molecule has 1 heterocycles. The van der Waals surface area contributed by atoms with Crippen LogP contribution in [0.3, 0.4) is 0 Å². The fraction of sp³-hybridized carbons (Fsp3) is 0.533. The quantitative estimate of drug-likeness (QED) is 0.607. The minimum absolute atomic E-state index is 0.359. The Labute approximate surface area is 107 Å². The Morgan fingerprint density at radius 3 is 3.00 bits per heavy atom. The average molecular weight is 242 g/mol. The van der Waals surface area contributed by atoms with Crippen LogP contribution in [0.25, 0.3) is 0 Å². The second kappa shape index (κ2) is 3.74. The maximum atomic E-state index is 9.33. The summed E-state index contributed by atoms with van der Waals surface area (Å²) >= 11 is 0. The predicted molar refractivity (Wildman–Crippen MR) is 71.3 cm³/mol. The third-order valence-corrected chi connectivity index (χ3v) is 5.02. The molecule has 0 spiro atoms. The highest BCUT2D eigenvalue weighted by Gasteiger charge is 2.49. The molecule has 94 valence electrons. The van der Waals surface area contributed by atoms with Crippen LogP contribution in [0.15, 0.2) is 29.4 Å². The highest BCUT2D eigenvalue weighted by Crippen LogP contribution is 2.47. The minimum Gasteiger partial charge on any atom is -0.411 e. The van der Waals surface area contributed by atoms with Crippen molar-refractivity contribution in [2.75, 3.05) is 11.4 Å². The predicted octanol–water partition coefficient (Wildman–Crippen LogP) is 2.68. The topological polar surface area (TPSA) is 35.8 Å². The molecule has 2 saturated carbocycles. The zero-order valence-electron chi connectivity index (χ0n) is 10.4. The number of para-hydroxylation sites is 1. The lowest BCUT2D eigenvalue weighted by atomic mass is 9.92. The molecule has 1 aromatic carbocycles. The Kier molecular flexibility index (Phi) is 2.16. The first kappa shape index (κ1) is 10.4. The van der Waals surface area contributed by atoms with Crippen molar-refractivity contribution >= 4 is 11.4 Å². The molecule has 1 N–H and O–H groups in total. The number of oxime groups is 1. The van der Waals surface area contributed by atoms with Crippen LogP contribution in [0.1, 0.15) is 24.8 Å². The van der Waals surface area contributed by atoms with Gasteiger partial charge in [-0.15, -0.1) is 0 Å². The third kappa shape index (κ3) is 1.27. The van der Waals surface area contributed by atoms with Crippen LogP contribution in [-0.2, 0) is 6.42 Å². The summed E-state index contributed by atoms with van der Waals surface area (Å²) < 4.78 is 0. The molecular weight excluding hydrogens is 224 g/mol. The van der Waals surface area contributed by atoms with E-state index in [9.17, 15) is 5.21 Å². The Bertz CT molecular complexity index is 511. The van der Waals surface area contributed by atoms with Gasteiger partial charge in [-0.3, -0.25) is 0 Å². The van der Waals surface area contributed by atoms with Crippen LogP contribution in [0, 0.1) is 11.8 Å². The summed E-state index contributed by atoms with van der Waals surface area (Å²) in [6, 6.07) is 9.02. The maximum Gasteiger partial charge on any atom is 0.0828 e. The zero-order chi connectivity index (χ0) is 12.1. The average Bonchev–Trinajstić information content (AvgIpc) is 3.11. The van der Waals surface area contributed by atoms with E-state index in [1.807, 2.05) is 0 Å². The van der Waals surface area contributed by atoms with Gasteiger partial charge >= 0.3 is 0 Å². The molecule has 0 amide bonds. The van der Waals surface area contributed by atoms with Crippen molar-refractivity contribution < 1.29 is 5.21 Å². The molecule has 3 unspecified atom stereocenters. The number of benzene rings is 1. The highest BCUT2D eigenvalue weighted by atomic mass is 16.4. The monoisotopic (exact) mass is 242 g/mol. The zero-order valence-corrected chi connectivity index (χ0v) is 10.4. The van der Waals surface area contributed by atoms with Crippen LogP contribution >= 0.6 is 0 Å². The molecule has 18 heavy (non-hydrogen) atoms. The standard InChI is InChI=1S/C15H18N2O/c18-16-14-11-5-6-12(9-11)15(14)17-8-7-10-3-1-2-4-13(10)17/h1-4,11-12,15,18H,5-9H2/b16-14+. The van der Waals surface area contributed by atoms with Crippen molar-refractivity contribution in [3.05, 3.63) is 29.8 Å². The Balaban J connectivity index is 1.73. The summed E-state index contributed by atoms with van der Waals surface area (Å²) in [5, 5.41) is 13.0.